The molecule has 3 rings (SSSR count). The lowest BCUT2D eigenvalue weighted by Gasteiger charge is -2.15. The molecule has 0 bridgehead atoms. The average molecular weight is 284 g/mol. The summed E-state index contributed by atoms with van der Waals surface area (Å²) in [4.78, 5) is 12.8. The SMILES string of the molecule is Cc1oc(C)c(C(=O)c2ccc3c(c2)C(C)(C)CO3)c1C. The van der Waals surface area contributed by atoms with Gasteiger partial charge in [-0.15, -0.1) is 0 Å². The van der Waals surface area contributed by atoms with Crippen LogP contribution in [-0.4, -0.2) is 12.4 Å². The van der Waals surface area contributed by atoms with Crippen LogP contribution in [0.2, 0.25) is 0 Å². The molecule has 0 radical (unpaired) electrons. The van der Waals surface area contributed by atoms with E-state index in [4.69, 9.17) is 9.15 Å². The van der Waals surface area contributed by atoms with Crippen molar-refractivity contribution in [2.45, 2.75) is 40.0 Å². The summed E-state index contributed by atoms with van der Waals surface area (Å²) in [5.41, 5.74) is 3.35. The van der Waals surface area contributed by atoms with E-state index in [1.807, 2.05) is 39.0 Å². The molecule has 1 aliphatic rings. The topological polar surface area (TPSA) is 39.4 Å². The highest BCUT2D eigenvalue weighted by atomic mass is 16.5. The maximum absolute atomic E-state index is 12.8. The molecule has 2 heterocycles. The maximum atomic E-state index is 12.8. The zero-order chi connectivity index (χ0) is 15.4. The number of fused-ring (bicyclic) bond motifs is 1. The second-order valence-electron chi connectivity index (χ2n) is 6.43. The fourth-order valence-electron chi connectivity index (χ4n) is 2.93. The molecule has 0 fully saturated rings. The highest BCUT2D eigenvalue weighted by Crippen LogP contribution is 2.39. The Bertz CT molecular complexity index is 735. The predicted octanol–water partition coefficient (Wildman–Crippen LogP) is 4.11. The molecule has 2 aromatic rings. The lowest BCUT2D eigenvalue weighted by atomic mass is 9.85. The van der Waals surface area contributed by atoms with Gasteiger partial charge in [0.2, 0.25) is 0 Å². The quantitative estimate of drug-likeness (QED) is 0.779. The Morgan fingerprint density at radius 3 is 2.48 bits per heavy atom. The molecule has 0 atom stereocenters. The van der Waals surface area contributed by atoms with E-state index >= 15 is 0 Å². The standard InChI is InChI=1S/C18H20O3/c1-10-11(2)21-12(3)16(10)17(19)13-6-7-15-14(8-13)18(4,5)9-20-15/h6-8H,9H2,1-5H3. The number of hydrogen-bond donors (Lipinski definition) is 0. The first-order valence-electron chi connectivity index (χ1n) is 7.20. The molecule has 0 spiro atoms. The number of ether oxygens (including phenoxy) is 1. The molecule has 0 saturated carbocycles. The summed E-state index contributed by atoms with van der Waals surface area (Å²) in [7, 11) is 0. The summed E-state index contributed by atoms with van der Waals surface area (Å²) in [6.45, 7) is 10.6. The largest absolute Gasteiger partial charge is 0.492 e. The third kappa shape index (κ3) is 2.08. The number of benzene rings is 1. The molecule has 1 aromatic heterocycles. The molecule has 0 N–H and O–H groups in total. The van der Waals surface area contributed by atoms with Crippen LogP contribution in [0, 0.1) is 20.8 Å². The Labute approximate surface area is 124 Å². The van der Waals surface area contributed by atoms with E-state index in [9.17, 15) is 4.79 Å². The third-order valence-corrected chi connectivity index (χ3v) is 4.35. The van der Waals surface area contributed by atoms with Crippen LogP contribution < -0.4 is 4.74 Å². The normalized spacial score (nSPS) is 15.7. The monoisotopic (exact) mass is 284 g/mol. The molecule has 0 amide bonds. The minimum absolute atomic E-state index is 0.0207. The molecule has 3 nitrogen and oxygen atoms in total. The van der Waals surface area contributed by atoms with Crippen LogP contribution in [0.25, 0.3) is 0 Å². The lowest BCUT2D eigenvalue weighted by molar-refractivity contribution is 0.103. The number of hydrogen-bond acceptors (Lipinski definition) is 3. The average Bonchev–Trinajstić information content (AvgIpc) is 2.86. The van der Waals surface area contributed by atoms with E-state index in [0.29, 0.717) is 23.5 Å². The number of carbonyl (C=O) groups is 1. The van der Waals surface area contributed by atoms with E-state index in [1.165, 1.54) is 0 Å². The Kier molecular flexibility index (Phi) is 2.97. The van der Waals surface area contributed by atoms with E-state index in [0.717, 1.165) is 22.6 Å². The molecular weight excluding hydrogens is 264 g/mol. The van der Waals surface area contributed by atoms with Crippen molar-refractivity contribution in [1.82, 2.24) is 0 Å². The number of ketones is 1. The van der Waals surface area contributed by atoms with Crippen molar-refractivity contribution in [2.75, 3.05) is 6.61 Å². The van der Waals surface area contributed by atoms with Gasteiger partial charge >= 0.3 is 0 Å². The Morgan fingerprint density at radius 2 is 1.86 bits per heavy atom. The Hall–Kier alpha value is -2.03. The van der Waals surface area contributed by atoms with Crippen LogP contribution in [0.3, 0.4) is 0 Å². The number of rotatable bonds is 2. The molecule has 21 heavy (non-hydrogen) atoms. The van der Waals surface area contributed by atoms with Crippen LogP contribution in [0.1, 0.15) is 52.4 Å². The van der Waals surface area contributed by atoms with Crippen molar-refractivity contribution in [3.05, 3.63) is 52.0 Å². The second-order valence-corrected chi connectivity index (χ2v) is 6.43. The van der Waals surface area contributed by atoms with Gasteiger partial charge < -0.3 is 9.15 Å². The highest BCUT2D eigenvalue weighted by molar-refractivity contribution is 6.10. The molecular formula is C18H20O3. The minimum Gasteiger partial charge on any atom is -0.492 e. The molecule has 3 heteroatoms. The van der Waals surface area contributed by atoms with Gasteiger partial charge in [-0.05, 0) is 39.0 Å². The van der Waals surface area contributed by atoms with Crippen LogP contribution >= 0.6 is 0 Å². The fourth-order valence-corrected chi connectivity index (χ4v) is 2.93. The van der Waals surface area contributed by atoms with Gasteiger partial charge in [-0.2, -0.15) is 0 Å². The number of furan rings is 1. The van der Waals surface area contributed by atoms with Crippen LogP contribution in [0.5, 0.6) is 5.75 Å². The smallest absolute Gasteiger partial charge is 0.196 e. The van der Waals surface area contributed by atoms with Crippen molar-refractivity contribution in [2.24, 2.45) is 0 Å². The number of carbonyl (C=O) groups excluding carboxylic acids is 1. The van der Waals surface area contributed by atoms with Gasteiger partial charge in [0.05, 0.1) is 12.2 Å². The van der Waals surface area contributed by atoms with Crippen molar-refractivity contribution in [3.63, 3.8) is 0 Å². The molecule has 0 aliphatic carbocycles. The van der Waals surface area contributed by atoms with Crippen LogP contribution in [0.15, 0.2) is 22.6 Å². The fraction of sp³-hybridized carbons (Fsp3) is 0.389. The molecule has 1 aliphatic heterocycles. The van der Waals surface area contributed by atoms with E-state index in [-0.39, 0.29) is 11.2 Å². The highest BCUT2D eigenvalue weighted by Gasteiger charge is 2.32. The van der Waals surface area contributed by atoms with E-state index in [2.05, 4.69) is 13.8 Å². The zero-order valence-corrected chi connectivity index (χ0v) is 13.2. The van der Waals surface area contributed by atoms with Gasteiger partial charge in [-0.1, -0.05) is 13.8 Å². The summed E-state index contributed by atoms with van der Waals surface area (Å²) in [6.07, 6.45) is 0. The lowest BCUT2D eigenvalue weighted by Crippen LogP contribution is -2.18. The molecule has 0 saturated heterocycles. The summed E-state index contributed by atoms with van der Waals surface area (Å²) < 4.78 is 11.3. The Morgan fingerprint density at radius 1 is 1.14 bits per heavy atom. The van der Waals surface area contributed by atoms with Gasteiger partial charge in [-0.3, -0.25) is 4.79 Å². The maximum Gasteiger partial charge on any atom is 0.196 e. The molecule has 110 valence electrons. The van der Waals surface area contributed by atoms with Crippen molar-refractivity contribution in [3.8, 4) is 5.75 Å². The summed E-state index contributed by atoms with van der Waals surface area (Å²) in [6, 6.07) is 5.70. The van der Waals surface area contributed by atoms with Gasteiger partial charge in [0.25, 0.3) is 0 Å². The minimum atomic E-state index is -0.0535. The van der Waals surface area contributed by atoms with Gasteiger partial charge in [0.1, 0.15) is 17.3 Å². The van der Waals surface area contributed by atoms with Gasteiger partial charge in [0, 0.05) is 22.1 Å². The summed E-state index contributed by atoms with van der Waals surface area (Å²) in [5.74, 6) is 2.40. The molecule has 1 aromatic carbocycles. The summed E-state index contributed by atoms with van der Waals surface area (Å²) in [5, 5.41) is 0. The van der Waals surface area contributed by atoms with Crippen LogP contribution in [-0.2, 0) is 5.41 Å². The summed E-state index contributed by atoms with van der Waals surface area (Å²) >= 11 is 0. The first-order chi connectivity index (χ1) is 9.81. The van der Waals surface area contributed by atoms with Crippen molar-refractivity contribution >= 4 is 5.78 Å². The predicted molar refractivity (Wildman–Crippen MR) is 81.3 cm³/mol. The van der Waals surface area contributed by atoms with Crippen LogP contribution in [0.4, 0.5) is 0 Å². The zero-order valence-electron chi connectivity index (χ0n) is 13.2. The number of aryl methyl sites for hydroxylation is 2. The van der Waals surface area contributed by atoms with E-state index < -0.39 is 0 Å². The van der Waals surface area contributed by atoms with Gasteiger partial charge in [-0.25, -0.2) is 0 Å². The molecule has 0 unspecified atom stereocenters. The Balaban J connectivity index is 2.08. The van der Waals surface area contributed by atoms with Gasteiger partial charge in [0.15, 0.2) is 5.78 Å². The first kappa shape index (κ1) is 13.9. The second kappa shape index (κ2) is 4.48. The van der Waals surface area contributed by atoms with Crippen molar-refractivity contribution in [1.29, 1.82) is 0 Å². The first-order valence-corrected chi connectivity index (χ1v) is 7.20. The van der Waals surface area contributed by atoms with E-state index in [1.54, 1.807) is 0 Å². The van der Waals surface area contributed by atoms with Crippen molar-refractivity contribution < 1.29 is 13.9 Å². The third-order valence-electron chi connectivity index (χ3n) is 4.35.